The zero-order chi connectivity index (χ0) is 15.0. The third-order valence-electron chi connectivity index (χ3n) is 4.49. The van der Waals surface area contributed by atoms with Crippen molar-refractivity contribution < 1.29 is 18.3 Å². The van der Waals surface area contributed by atoms with Crippen LogP contribution in [0.1, 0.15) is 52.9 Å². The standard InChI is InChI=1S/C15H25F2NO2/c1-13(2,3)20-12(19)11-9-18-10-14(11)7-5-4-6-8-15(14,16)17/h11,18H,4-10H2,1-3H3. The van der Waals surface area contributed by atoms with Gasteiger partial charge < -0.3 is 10.1 Å². The van der Waals surface area contributed by atoms with Crippen molar-refractivity contribution in [3.63, 3.8) is 0 Å². The van der Waals surface area contributed by atoms with Gasteiger partial charge in [-0.05, 0) is 33.6 Å². The molecule has 0 radical (unpaired) electrons. The molecule has 1 spiro atoms. The van der Waals surface area contributed by atoms with Gasteiger partial charge in [-0.3, -0.25) is 4.79 Å². The summed E-state index contributed by atoms with van der Waals surface area (Å²) in [4.78, 5) is 12.3. The van der Waals surface area contributed by atoms with Gasteiger partial charge in [0, 0.05) is 19.5 Å². The lowest BCUT2D eigenvalue weighted by Gasteiger charge is -2.40. The fourth-order valence-corrected chi connectivity index (χ4v) is 3.48. The SMILES string of the molecule is CC(C)(C)OC(=O)C1CNCC12CCCCCC2(F)F. The Bertz CT molecular complexity index is 379. The van der Waals surface area contributed by atoms with E-state index in [0.29, 0.717) is 19.4 Å². The zero-order valence-corrected chi connectivity index (χ0v) is 12.6. The highest BCUT2D eigenvalue weighted by Gasteiger charge is 2.62. The molecule has 0 aromatic carbocycles. The van der Waals surface area contributed by atoms with Gasteiger partial charge in [0.25, 0.3) is 5.92 Å². The monoisotopic (exact) mass is 289 g/mol. The van der Waals surface area contributed by atoms with Crippen LogP contribution in [-0.2, 0) is 9.53 Å². The Morgan fingerprint density at radius 1 is 1.20 bits per heavy atom. The Kier molecular flexibility index (Phi) is 4.11. The van der Waals surface area contributed by atoms with Gasteiger partial charge in [0.15, 0.2) is 0 Å². The highest BCUT2D eigenvalue weighted by Crippen LogP contribution is 2.53. The molecule has 1 aliphatic heterocycles. The van der Waals surface area contributed by atoms with Crippen LogP contribution in [-0.4, -0.2) is 30.6 Å². The van der Waals surface area contributed by atoms with Crippen LogP contribution in [0, 0.1) is 11.3 Å². The highest BCUT2D eigenvalue weighted by molar-refractivity contribution is 5.75. The maximum atomic E-state index is 14.6. The second kappa shape index (κ2) is 5.24. The predicted octanol–water partition coefficient (Wildman–Crippen LogP) is 3.13. The number of nitrogens with one attached hydrogen (secondary N) is 1. The van der Waals surface area contributed by atoms with E-state index in [0.717, 1.165) is 12.8 Å². The molecule has 3 nitrogen and oxygen atoms in total. The smallest absolute Gasteiger partial charge is 0.311 e. The molecule has 5 heteroatoms. The number of esters is 1. The summed E-state index contributed by atoms with van der Waals surface area (Å²) >= 11 is 0. The van der Waals surface area contributed by atoms with E-state index in [1.54, 1.807) is 20.8 Å². The third-order valence-corrected chi connectivity index (χ3v) is 4.49. The first-order valence-electron chi connectivity index (χ1n) is 7.49. The zero-order valence-electron chi connectivity index (χ0n) is 12.6. The lowest BCUT2D eigenvalue weighted by molar-refractivity contribution is -0.181. The summed E-state index contributed by atoms with van der Waals surface area (Å²) in [5.41, 5.74) is -1.90. The predicted molar refractivity (Wildman–Crippen MR) is 72.7 cm³/mol. The maximum absolute atomic E-state index is 14.6. The molecule has 2 unspecified atom stereocenters. The lowest BCUT2D eigenvalue weighted by atomic mass is 9.69. The summed E-state index contributed by atoms with van der Waals surface area (Å²) in [5, 5.41) is 3.00. The van der Waals surface area contributed by atoms with E-state index >= 15 is 0 Å². The summed E-state index contributed by atoms with van der Waals surface area (Å²) in [5.74, 6) is -4.02. The molecule has 1 N–H and O–H groups in total. The van der Waals surface area contributed by atoms with Crippen molar-refractivity contribution >= 4 is 5.97 Å². The summed E-state index contributed by atoms with van der Waals surface area (Å²) < 4.78 is 34.6. The third kappa shape index (κ3) is 2.83. The van der Waals surface area contributed by atoms with Crippen LogP contribution >= 0.6 is 0 Å². The van der Waals surface area contributed by atoms with E-state index in [9.17, 15) is 13.6 Å². The molecule has 2 rings (SSSR count). The van der Waals surface area contributed by atoms with Crippen LogP contribution in [0.25, 0.3) is 0 Å². The molecule has 1 saturated carbocycles. The van der Waals surface area contributed by atoms with E-state index in [4.69, 9.17) is 4.74 Å². The van der Waals surface area contributed by atoms with Gasteiger partial charge >= 0.3 is 5.97 Å². The van der Waals surface area contributed by atoms with E-state index < -0.39 is 28.8 Å². The van der Waals surface area contributed by atoms with E-state index in [2.05, 4.69) is 5.32 Å². The van der Waals surface area contributed by atoms with Gasteiger partial charge in [0.1, 0.15) is 5.60 Å². The molecule has 0 aromatic heterocycles. The van der Waals surface area contributed by atoms with Crippen molar-refractivity contribution in [3.05, 3.63) is 0 Å². The number of carbonyl (C=O) groups is 1. The minimum absolute atomic E-state index is 0.117. The number of hydrogen-bond donors (Lipinski definition) is 1. The van der Waals surface area contributed by atoms with Crippen molar-refractivity contribution in [1.29, 1.82) is 0 Å². The maximum Gasteiger partial charge on any atom is 0.311 e. The Morgan fingerprint density at radius 3 is 2.50 bits per heavy atom. The lowest BCUT2D eigenvalue weighted by Crippen LogP contribution is -2.50. The molecule has 1 saturated heterocycles. The minimum atomic E-state index is -2.80. The van der Waals surface area contributed by atoms with Crippen LogP contribution in [0.2, 0.25) is 0 Å². The minimum Gasteiger partial charge on any atom is -0.460 e. The highest BCUT2D eigenvalue weighted by atomic mass is 19.3. The average molecular weight is 289 g/mol. The molecule has 116 valence electrons. The molecule has 2 fully saturated rings. The molecular weight excluding hydrogens is 264 g/mol. The molecule has 0 aromatic rings. The van der Waals surface area contributed by atoms with Gasteiger partial charge in [-0.15, -0.1) is 0 Å². The first-order chi connectivity index (χ1) is 9.18. The summed E-state index contributed by atoms with van der Waals surface area (Å²) in [6, 6.07) is 0. The molecule has 1 heterocycles. The molecule has 1 aliphatic carbocycles. The van der Waals surface area contributed by atoms with Gasteiger partial charge in [-0.2, -0.15) is 0 Å². The summed E-state index contributed by atoms with van der Waals surface area (Å²) in [6.07, 6.45) is 2.40. The molecule has 0 bridgehead atoms. The molecule has 2 aliphatic rings. The van der Waals surface area contributed by atoms with Crippen molar-refractivity contribution in [3.8, 4) is 0 Å². The number of alkyl halides is 2. The summed E-state index contributed by atoms with van der Waals surface area (Å²) in [7, 11) is 0. The van der Waals surface area contributed by atoms with Crippen LogP contribution in [0.3, 0.4) is 0 Å². The van der Waals surface area contributed by atoms with E-state index in [1.165, 1.54) is 0 Å². The van der Waals surface area contributed by atoms with Crippen molar-refractivity contribution in [2.24, 2.45) is 11.3 Å². The Morgan fingerprint density at radius 2 is 1.85 bits per heavy atom. The normalized spacial score (nSPS) is 34.0. The largest absolute Gasteiger partial charge is 0.460 e. The Labute approximate surface area is 119 Å². The van der Waals surface area contributed by atoms with Crippen LogP contribution < -0.4 is 5.32 Å². The molecular formula is C15H25F2NO2. The van der Waals surface area contributed by atoms with Gasteiger partial charge in [-0.1, -0.05) is 12.8 Å². The van der Waals surface area contributed by atoms with Gasteiger partial charge in [0.05, 0.1) is 11.3 Å². The van der Waals surface area contributed by atoms with Crippen LogP contribution in [0.15, 0.2) is 0 Å². The first-order valence-corrected chi connectivity index (χ1v) is 7.49. The van der Waals surface area contributed by atoms with Gasteiger partial charge in [0.2, 0.25) is 0 Å². The number of rotatable bonds is 1. The quantitative estimate of drug-likeness (QED) is 0.754. The van der Waals surface area contributed by atoms with Crippen molar-refractivity contribution in [1.82, 2.24) is 5.32 Å². The molecule has 0 amide bonds. The first kappa shape index (κ1) is 15.7. The van der Waals surface area contributed by atoms with Gasteiger partial charge in [-0.25, -0.2) is 8.78 Å². The number of carbonyl (C=O) groups excluding carboxylic acids is 1. The Balaban J connectivity index is 2.26. The number of halogens is 2. The van der Waals surface area contributed by atoms with Crippen LogP contribution in [0.4, 0.5) is 8.78 Å². The molecule has 2 atom stereocenters. The van der Waals surface area contributed by atoms with Crippen molar-refractivity contribution in [2.75, 3.05) is 13.1 Å². The van der Waals surface area contributed by atoms with Crippen molar-refractivity contribution in [2.45, 2.75) is 64.4 Å². The van der Waals surface area contributed by atoms with Crippen LogP contribution in [0.5, 0.6) is 0 Å². The van der Waals surface area contributed by atoms with E-state index in [-0.39, 0.29) is 13.0 Å². The van der Waals surface area contributed by atoms with E-state index in [1.807, 2.05) is 0 Å². The fraction of sp³-hybridized carbons (Fsp3) is 0.933. The second-order valence-corrected chi connectivity index (χ2v) is 7.14. The molecule has 20 heavy (non-hydrogen) atoms. The number of hydrogen-bond acceptors (Lipinski definition) is 3. The second-order valence-electron chi connectivity index (χ2n) is 7.14. The summed E-state index contributed by atoms with van der Waals surface area (Å²) in [6.45, 7) is 5.82. The number of ether oxygens (including phenoxy) is 1. The topological polar surface area (TPSA) is 38.3 Å². The Hall–Kier alpha value is -0.710. The average Bonchev–Trinajstić information content (AvgIpc) is 2.65. The fourth-order valence-electron chi connectivity index (χ4n) is 3.48.